The minimum atomic E-state index is -4.20. The fourth-order valence-corrected chi connectivity index (χ4v) is 6.14. The number of anilines is 3. The SMILES string of the molecule is COc1cc2c(NS(=O)(=O)c3c(OC)cc([C@H]4CCOC4)cc3OC)noc2cc1Nc1cc(C2CC2)[nH]n1. The summed E-state index contributed by atoms with van der Waals surface area (Å²) < 4.78 is 57.3. The molecular formula is C26H29N5O7S. The van der Waals surface area contributed by atoms with E-state index in [-0.39, 0.29) is 28.1 Å². The van der Waals surface area contributed by atoms with E-state index in [1.54, 1.807) is 24.3 Å². The van der Waals surface area contributed by atoms with Crippen LogP contribution in [0, 0.1) is 0 Å². The molecule has 1 saturated heterocycles. The molecule has 2 aliphatic rings. The van der Waals surface area contributed by atoms with E-state index in [4.69, 9.17) is 23.5 Å². The van der Waals surface area contributed by atoms with E-state index in [2.05, 4.69) is 25.4 Å². The Hall–Kier alpha value is -3.97. The highest BCUT2D eigenvalue weighted by molar-refractivity contribution is 7.93. The molecule has 4 aromatic rings. The van der Waals surface area contributed by atoms with Crippen LogP contribution in [0.5, 0.6) is 17.2 Å². The van der Waals surface area contributed by atoms with Crippen LogP contribution in [0.4, 0.5) is 17.3 Å². The third-order valence-electron chi connectivity index (χ3n) is 7.05. The lowest BCUT2D eigenvalue weighted by Crippen LogP contribution is -2.16. The smallest absolute Gasteiger partial charge is 0.270 e. The van der Waals surface area contributed by atoms with Crippen LogP contribution in [0.3, 0.4) is 0 Å². The average Bonchev–Trinajstić information content (AvgIpc) is 3.29. The van der Waals surface area contributed by atoms with Crippen molar-refractivity contribution in [2.75, 3.05) is 44.6 Å². The number of sulfonamides is 1. The third kappa shape index (κ3) is 4.83. The molecular weight excluding hydrogens is 526 g/mol. The molecule has 0 amide bonds. The van der Waals surface area contributed by atoms with Crippen molar-refractivity contribution in [3.8, 4) is 17.2 Å². The number of benzene rings is 2. The molecule has 2 aromatic heterocycles. The second-order valence-electron chi connectivity index (χ2n) is 9.61. The third-order valence-corrected chi connectivity index (χ3v) is 8.46. The summed E-state index contributed by atoms with van der Waals surface area (Å²) in [5.41, 5.74) is 2.92. The molecule has 2 aromatic carbocycles. The topological polar surface area (TPSA) is 150 Å². The molecule has 0 radical (unpaired) electrons. The summed E-state index contributed by atoms with van der Waals surface area (Å²) in [6.45, 7) is 1.21. The Labute approximate surface area is 225 Å². The molecule has 12 nitrogen and oxygen atoms in total. The minimum Gasteiger partial charge on any atom is -0.495 e. The number of aromatic nitrogens is 3. The zero-order chi connectivity index (χ0) is 27.1. The molecule has 1 atom stereocenters. The molecule has 2 fully saturated rings. The molecule has 1 saturated carbocycles. The lowest BCUT2D eigenvalue weighted by atomic mass is 9.98. The zero-order valence-electron chi connectivity index (χ0n) is 21.7. The van der Waals surface area contributed by atoms with Gasteiger partial charge in [0.15, 0.2) is 22.1 Å². The van der Waals surface area contributed by atoms with E-state index < -0.39 is 10.0 Å². The Morgan fingerprint density at radius 3 is 2.33 bits per heavy atom. The van der Waals surface area contributed by atoms with Crippen molar-refractivity contribution in [1.82, 2.24) is 15.4 Å². The summed E-state index contributed by atoms with van der Waals surface area (Å²) in [7, 11) is 0.156. The molecule has 206 valence electrons. The molecule has 0 unspecified atom stereocenters. The highest BCUT2D eigenvalue weighted by atomic mass is 32.2. The number of rotatable bonds is 10. The van der Waals surface area contributed by atoms with Crippen LogP contribution in [0.15, 0.2) is 39.8 Å². The van der Waals surface area contributed by atoms with Gasteiger partial charge in [-0.25, -0.2) is 8.42 Å². The van der Waals surface area contributed by atoms with E-state index in [0.717, 1.165) is 30.5 Å². The summed E-state index contributed by atoms with van der Waals surface area (Å²) >= 11 is 0. The van der Waals surface area contributed by atoms with Gasteiger partial charge < -0.3 is 28.8 Å². The van der Waals surface area contributed by atoms with Gasteiger partial charge in [0.05, 0.1) is 39.0 Å². The van der Waals surface area contributed by atoms with Crippen molar-refractivity contribution >= 4 is 38.3 Å². The largest absolute Gasteiger partial charge is 0.495 e. The van der Waals surface area contributed by atoms with Crippen LogP contribution >= 0.6 is 0 Å². The Morgan fingerprint density at radius 1 is 0.949 bits per heavy atom. The second-order valence-corrected chi connectivity index (χ2v) is 11.2. The van der Waals surface area contributed by atoms with Gasteiger partial charge in [-0.2, -0.15) is 5.10 Å². The first-order valence-electron chi connectivity index (χ1n) is 12.6. The maximum absolute atomic E-state index is 13.6. The van der Waals surface area contributed by atoms with Gasteiger partial charge in [0.25, 0.3) is 10.0 Å². The molecule has 0 bridgehead atoms. The highest BCUT2D eigenvalue weighted by Gasteiger charge is 2.30. The van der Waals surface area contributed by atoms with E-state index in [1.165, 1.54) is 21.3 Å². The van der Waals surface area contributed by atoms with Crippen LogP contribution in [-0.2, 0) is 14.8 Å². The van der Waals surface area contributed by atoms with Crippen molar-refractivity contribution < 1.29 is 31.9 Å². The van der Waals surface area contributed by atoms with Crippen LogP contribution in [0.1, 0.15) is 42.4 Å². The number of ether oxygens (including phenoxy) is 4. The molecule has 39 heavy (non-hydrogen) atoms. The predicted octanol–water partition coefficient (Wildman–Crippen LogP) is 4.50. The van der Waals surface area contributed by atoms with Crippen LogP contribution in [-0.4, -0.2) is 58.3 Å². The van der Waals surface area contributed by atoms with Crippen LogP contribution in [0.25, 0.3) is 11.0 Å². The van der Waals surface area contributed by atoms with E-state index >= 15 is 0 Å². The van der Waals surface area contributed by atoms with Crippen LogP contribution < -0.4 is 24.2 Å². The zero-order valence-corrected chi connectivity index (χ0v) is 22.6. The van der Waals surface area contributed by atoms with Crippen molar-refractivity contribution in [2.24, 2.45) is 0 Å². The number of nitrogens with one attached hydrogen (secondary N) is 3. The Kier molecular flexibility index (Phi) is 6.47. The Bertz CT molecular complexity index is 1600. The van der Waals surface area contributed by atoms with Crippen molar-refractivity contribution in [3.05, 3.63) is 41.6 Å². The number of aromatic amines is 1. The fourth-order valence-electron chi connectivity index (χ4n) is 4.82. The second kappa shape index (κ2) is 9.97. The normalized spacial score (nSPS) is 17.4. The van der Waals surface area contributed by atoms with Gasteiger partial charge in [0, 0.05) is 36.3 Å². The number of nitrogens with zero attached hydrogens (tertiary/aromatic N) is 2. The van der Waals surface area contributed by atoms with Crippen molar-refractivity contribution in [2.45, 2.75) is 36.0 Å². The maximum Gasteiger partial charge on any atom is 0.270 e. The van der Waals surface area contributed by atoms with Crippen molar-refractivity contribution in [3.63, 3.8) is 0 Å². The summed E-state index contributed by atoms with van der Waals surface area (Å²) in [5, 5.41) is 15.0. The summed E-state index contributed by atoms with van der Waals surface area (Å²) in [6.07, 6.45) is 3.15. The van der Waals surface area contributed by atoms with Gasteiger partial charge in [0.1, 0.15) is 17.2 Å². The monoisotopic (exact) mass is 555 g/mol. The molecule has 3 N–H and O–H groups in total. The highest BCUT2D eigenvalue weighted by Crippen LogP contribution is 2.42. The first-order chi connectivity index (χ1) is 18.9. The van der Waals surface area contributed by atoms with Crippen molar-refractivity contribution in [1.29, 1.82) is 0 Å². The Morgan fingerprint density at radius 2 is 1.69 bits per heavy atom. The molecule has 6 rings (SSSR count). The maximum atomic E-state index is 13.6. The molecule has 1 aliphatic carbocycles. The standard InChI is InChI=1S/C26H29N5O7S/c1-34-21-10-17-20(11-19(21)27-24-12-18(28-29-24)14-4-5-14)38-30-26(17)31-39(32,33)25-22(35-2)8-16(9-23(25)36-3)15-6-7-37-13-15/h8-12,14-15H,4-7,13H2,1-3H3,(H,30,31)(H2,27,28,29)/t15-/m0/s1. The first-order valence-corrected chi connectivity index (χ1v) is 14.0. The number of H-pyrrole nitrogens is 1. The molecule has 0 spiro atoms. The van der Waals surface area contributed by atoms with Gasteiger partial charge in [-0.1, -0.05) is 5.16 Å². The lowest BCUT2D eigenvalue weighted by molar-refractivity contribution is 0.194. The van der Waals surface area contributed by atoms with E-state index in [9.17, 15) is 8.42 Å². The summed E-state index contributed by atoms with van der Waals surface area (Å²) in [5.74, 6) is 2.09. The molecule has 13 heteroatoms. The van der Waals surface area contributed by atoms with Gasteiger partial charge in [-0.05, 0) is 43.0 Å². The summed E-state index contributed by atoms with van der Waals surface area (Å²) in [6, 6.07) is 8.72. The van der Waals surface area contributed by atoms with Crippen LogP contribution in [0.2, 0.25) is 0 Å². The van der Waals surface area contributed by atoms with E-state index in [0.29, 0.717) is 47.4 Å². The Balaban J connectivity index is 1.32. The quantitative estimate of drug-likeness (QED) is 0.255. The predicted molar refractivity (Wildman–Crippen MR) is 143 cm³/mol. The number of hydrogen-bond donors (Lipinski definition) is 3. The van der Waals surface area contributed by atoms with Gasteiger partial charge in [-0.15, -0.1) is 0 Å². The molecule has 1 aliphatic heterocycles. The first kappa shape index (κ1) is 25.3. The van der Waals surface area contributed by atoms with Gasteiger partial charge >= 0.3 is 0 Å². The van der Waals surface area contributed by atoms with E-state index in [1.807, 2.05) is 6.07 Å². The summed E-state index contributed by atoms with van der Waals surface area (Å²) in [4.78, 5) is -0.137. The molecule has 3 heterocycles. The van der Waals surface area contributed by atoms with Gasteiger partial charge in [0.2, 0.25) is 0 Å². The number of hydrogen-bond acceptors (Lipinski definition) is 10. The minimum absolute atomic E-state index is 0.00279. The number of methoxy groups -OCH3 is 3. The van der Waals surface area contributed by atoms with Gasteiger partial charge in [-0.3, -0.25) is 9.82 Å². The number of fused-ring (bicyclic) bond motifs is 1. The lowest BCUT2D eigenvalue weighted by Gasteiger charge is -2.18. The average molecular weight is 556 g/mol. The fraction of sp³-hybridized carbons (Fsp3) is 0.385.